The van der Waals surface area contributed by atoms with Crippen LogP contribution in [0.3, 0.4) is 0 Å². The average Bonchev–Trinajstić information content (AvgIpc) is 2.25. The fraction of sp³-hybridized carbons (Fsp3) is 0.444. The van der Waals surface area contributed by atoms with Crippen molar-refractivity contribution in [1.29, 1.82) is 0 Å². The summed E-state index contributed by atoms with van der Waals surface area (Å²) in [6.07, 6.45) is 1.40. The van der Waals surface area contributed by atoms with Gasteiger partial charge in [0.2, 0.25) is 5.95 Å². The van der Waals surface area contributed by atoms with Crippen molar-refractivity contribution in [2.75, 3.05) is 25.1 Å². The highest BCUT2D eigenvalue weighted by Gasteiger charge is 2.05. The third-order valence-corrected chi connectivity index (χ3v) is 1.61. The monoisotopic (exact) mass is 211 g/mol. The molecule has 0 atom stereocenters. The van der Waals surface area contributed by atoms with Crippen molar-refractivity contribution in [3.63, 3.8) is 0 Å². The number of rotatable bonds is 6. The molecule has 1 heterocycles. The maximum Gasteiger partial charge on any atom is 0.354 e. The van der Waals surface area contributed by atoms with Gasteiger partial charge in [-0.2, -0.15) is 0 Å². The zero-order valence-electron chi connectivity index (χ0n) is 8.43. The fourth-order valence-electron chi connectivity index (χ4n) is 0.942. The Labute approximate surface area is 87.3 Å². The number of carbonyl (C=O) groups is 1. The number of hydrogen-bond acceptors (Lipinski definition) is 5. The van der Waals surface area contributed by atoms with Gasteiger partial charge in [0.15, 0.2) is 5.69 Å². The van der Waals surface area contributed by atoms with Gasteiger partial charge in [0.1, 0.15) is 0 Å². The Morgan fingerprint density at radius 3 is 3.13 bits per heavy atom. The molecule has 0 bridgehead atoms. The Balaban J connectivity index is 2.47. The molecule has 0 fully saturated rings. The molecule has 82 valence electrons. The van der Waals surface area contributed by atoms with Crippen LogP contribution in [0.5, 0.6) is 0 Å². The molecule has 0 aliphatic heterocycles. The predicted octanol–water partition coefficient (Wildman–Crippen LogP) is 0.623. The minimum Gasteiger partial charge on any atom is -0.477 e. The summed E-state index contributed by atoms with van der Waals surface area (Å²) >= 11 is 0. The van der Waals surface area contributed by atoms with E-state index in [1.807, 2.05) is 6.92 Å². The van der Waals surface area contributed by atoms with Crippen LogP contribution in [0.2, 0.25) is 0 Å². The van der Waals surface area contributed by atoms with E-state index in [-0.39, 0.29) is 5.69 Å². The molecular weight excluding hydrogens is 198 g/mol. The highest BCUT2D eigenvalue weighted by atomic mass is 16.5. The molecule has 6 heteroatoms. The normalized spacial score (nSPS) is 9.93. The van der Waals surface area contributed by atoms with E-state index >= 15 is 0 Å². The van der Waals surface area contributed by atoms with Crippen molar-refractivity contribution < 1.29 is 14.6 Å². The van der Waals surface area contributed by atoms with Crippen LogP contribution in [0, 0.1) is 0 Å². The lowest BCUT2D eigenvalue weighted by atomic mass is 10.4. The van der Waals surface area contributed by atoms with Crippen LogP contribution in [-0.4, -0.2) is 40.8 Å². The fourth-order valence-corrected chi connectivity index (χ4v) is 0.942. The molecule has 0 spiro atoms. The lowest BCUT2D eigenvalue weighted by Crippen LogP contribution is -2.12. The van der Waals surface area contributed by atoms with Crippen LogP contribution in [0.1, 0.15) is 17.4 Å². The number of nitrogens with one attached hydrogen (secondary N) is 1. The second-order valence-electron chi connectivity index (χ2n) is 2.69. The standard InChI is InChI=1S/C9H13N3O3/c1-2-15-6-5-11-9-10-4-3-7(12-9)8(13)14/h3-4H,2,5-6H2,1H3,(H,13,14)(H,10,11,12). The number of aromatic carboxylic acids is 1. The molecule has 15 heavy (non-hydrogen) atoms. The van der Waals surface area contributed by atoms with E-state index < -0.39 is 5.97 Å². The van der Waals surface area contributed by atoms with Crippen molar-refractivity contribution in [3.8, 4) is 0 Å². The summed E-state index contributed by atoms with van der Waals surface area (Å²) < 4.78 is 5.10. The number of hydrogen-bond donors (Lipinski definition) is 2. The number of nitrogens with zero attached hydrogens (tertiary/aromatic N) is 2. The van der Waals surface area contributed by atoms with E-state index in [0.717, 1.165) is 0 Å². The minimum atomic E-state index is -1.06. The van der Waals surface area contributed by atoms with E-state index in [1.54, 1.807) is 0 Å². The minimum absolute atomic E-state index is 0.0242. The summed E-state index contributed by atoms with van der Waals surface area (Å²) in [5.41, 5.74) is -0.0242. The Bertz CT molecular complexity index is 330. The third kappa shape index (κ3) is 3.90. The van der Waals surface area contributed by atoms with E-state index in [2.05, 4.69) is 15.3 Å². The van der Waals surface area contributed by atoms with Crippen LogP contribution in [0.25, 0.3) is 0 Å². The first-order chi connectivity index (χ1) is 7.24. The summed E-state index contributed by atoms with van der Waals surface area (Å²) in [5.74, 6) is -0.764. The van der Waals surface area contributed by atoms with Crippen molar-refractivity contribution in [2.45, 2.75) is 6.92 Å². The summed E-state index contributed by atoms with van der Waals surface area (Å²) in [4.78, 5) is 18.3. The van der Waals surface area contributed by atoms with Crippen molar-refractivity contribution in [3.05, 3.63) is 18.0 Å². The summed E-state index contributed by atoms with van der Waals surface area (Å²) in [7, 11) is 0. The van der Waals surface area contributed by atoms with E-state index in [4.69, 9.17) is 9.84 Å². The molecule has 0 aliphatic rings. The first-order valence-corrected chi connectivity index (χ1v) is 4.62. The van der Waals surface area contributed by atoms with Gasteiger partial charge in [0.25, 0.3) is 0 Å². The number of carboxylic acids is 1. The number of ether oxygens (including phenoxy) is 1. The molecule has 0 unspecified atom stereocenters. The Morgan fingerprint density at radius 2 is 2.47 bits per heavy atom. The molecule has 0 saturated carbocycles. The molecule has 0 aromatic carbocycles. The highest BCUT2D eigenvalue weighted by Crippen LogP contribution is 1.99. The Morgan fingerprint density at radius 1 is 1.67 bits per heavy atom. The molecule has 0 radical (unpaired) electrons. The first-order valence-electron chi connectivity index (χ1n) is 4.62. The number of carboxylic acid groups (broad SMARTS) is 1. The number of aromatic nitrogens is 2. The molecule has 0 aliphatic carbocycles. The van der Waals surface area contributed by atoms with Gasteiger partial charge in [-0.05, 0) is 13.0 Å². The third-order valence-electron chi connectivity index (χ3n) is 1.61. The van der Waals surface area contributed by atoms with Gasteiger partial charge in [-0.15, -0.1) is 0 Å². The predicted molar refractivity (Wildman–Crippen MR) is 54.0 cm³/mol. The van der Waals surface area contributed by atoms with Crippen LogP contribution < -0.4 is 5.32 Å². The molecule has 1 aromatic heterocycles. The smallest absolute Gasteiger partial charge is 0.354 e. The topological polar surface area (TPSA) is 84.3 Å². The van der Waals surface area contributed by atoms with Crippen LogP contribution >= 0.6 is 0 Å². The van der Waals surface area contributed by atoms with Gasteiger partial charge >= 0.3 is 5.97 Å². The van der Waals surface area contributed by atoms with Gasteiger partial charge in [-0.3, -0.25) is 0 Å². The Hall–Kier alpha value is -1.69. The SMILES string of the molecule is CCOCCNc1nccc(C(=O)O)n1. The first kappa shape index (κ1) is 11.4. The van der Waals surface area contributed by atoms with Crippen molar-refractivity contribution >= 4 is 11.9 Å². The van der Waals surface area contributed by atoms with Crippen LogP contribution in [0.4, 0.5) is 5.95 Å². The van der Waals surface area contributed by atoms with Gasteiger partial charge in [0.05, 0.1) is 6.61 Å². The molecule has 0 amide bonds. The number of anilines is 1. The maximum absolute atomic E-state index is 10.6. The second kappa shape index (κ2) is 5.92. The van der Waals surface area contributed by atoms with E-state index in [9.17, 15) is 4.79 Å². The molecular formula is C9H13N3O3. The summed E-state index contributed by atoms with van der Waals surface area (Å²) in [5, 5.41) is 11.5. The largest absolute Gasteiger partial charge is 0.477 e. The maximum atomic E-state index is 10.6. The average molecular weight is 211 g/mol. The van der Waals surface area contributed by atoms with E-state index in [0.29, 0.717) is 25.7 Å². The molecule has 1 rings (SSSR count). The molecule has 2 N–H and O–H groups in total. The van der Waals surface area contributed by atoms with Crippen molar-refractivity contribution in [2.24, 2.45) is 0 Å². The quantitative estimate of drug-likeness (QED) is 0.671. The second-order valence-corrected chi connectivity index (χ2v) is 2.69. The lowest BCUT2D eigenvalue weighted by Gasteiger charge is -2.04. The van der Waals surface area contributed by atoms with Crippen LogP contribution in [-0.2, 0) is 4.74 Å². The summed E-state index contributed by atoms with van der Waals surface area (Å²) in [6.45, 7) is 3.65. The summed E-state index contributed by atoms with van der Waals surface area (Å²) in [6, 6.07) is 1.34. The molecule has 0 saturated heterocycles. The van der Waals surface area contributed by atoms with E-state index in [1.165, 1.54) is 12.3 Å². The van der Waals surface area contributed by atoms with Gasteiger partial charge in [-0.25, -0.2) is 14.8 Å². The molecule has 1 aromatic rings. The van der Waals surface area contributed by atoms with Crippen LogP contribution in [0.15, 0.2) is 12.3 Å². The van der Waals surface area contributed by atoms with Crippen molar-refractivity contribution in [1.82, 2.24) is 9.97 Å². The van der Waals surface area contributed by atoms with Gasteiger partial charge in [0, 0.05) is 19.3 Å². The zero-order valence-corrected chi connectivity index (χ0v) is 8.43. The van der Waals surface area contributed by atoms with Gasteiger partial charge in [-0.1, -0.05) is 0 Å². The van der Waals surface area contributed by atoms with Gasteiger partial charge < -0.3 is 15.2 Å². The Kier molecular flexibility index (Phi) is 4.49. The highest BCUT2D eigenvalue weighted by molar-refractivity contribution is 5.85. The zero-order chi connectivity index (χ0) is 11.1. The lowest BCUT2D eigenvalue weighted by molar-refractivity contribution is 0.0690. The molecule has 6 nitrogen and oxygen atoms in total.